The highest BCUT2D eigenvalue weighted by atomic mass is 127. The largest absolute Gasteiger partial charge is 0.454 e. The molecule has 0 spiro atoms. The van der Waals surface area contributed by atoms with Gasteiger partial charge in [-0.25, -0.2) is 0 Å². The number of hydrogen-bond acceptors (Lipinski definition) is 5. The fraction of sp³-hybridized carbons (Fsp3) is 0.650. The summed E-state index contributed by atoms with van der Waals surface area (Å²) >= 11 is 0. The van der Waals surface area contributed by atoms with Crippen LogP contribution in [0.3, 0.4) is 0 Å². The standard InChI is InChI=1S/C20H29N3O4.HI/c1-2-21-19(23-8-5-16(24)12-23)22-13-20(6-9-25-10-7-20)15-3-4-17-18(11-15)27-14-26-17;/h3-4,11,16,24H,2,5-10,12-14H2,1H3,(H,21,22);1H/t16-;/m1./s1. The Morgan fingerprint density at radius 3 is 2.79 bits per heavy atom. The van der Waals surface area contributed by atoms with E-state index in [4.69, 9.17) is 19.2 Å². The van der Waals surface area contributed by atoms with E-state index in [1.807, 2.05) is 6.07 Å². The Labute approximate surface area is 183 Å². The van der Waals surface area contributed by atoms with Crippen LogP contribution in [0.4, 0.5) is 0 Å². The van der Waals surface area contributed by atoms with E-state index >= 15 is 0 Å². The Balaban J connectivity index is 0.00000225. The van der Waals surface area contributed by atoms with Crippen molar-refractivity contribution in [3.05, 3.63) is 23.8 Å². The number of benzene rings is 1. The molecule has 28 heavy (non-hydrogen) atoms. The van der Waals surface area contributed by atoms with Crippen molar-refractivity contribution in [3.8, 4) is 11.5 Å². The molecule has 4 rings (SSSR count). The van der Waals surface area contributed by atoms with Crippen LogP contribution >= 0.6 is 24.0 Å². The Hall–Kier alpha value is -1.26. The minimum Gasteiger partial charge on any atom is -0.454 e. The van der Waals surface area contributed by atoms with Crippen LogP contribution in [-0.2, 0) is 10.2 Å². The molecule has 8 heteroatoms. The smallest absolute Gasteiger partial charge is 0.231 e. The van der Waals surface area contributed by atoms with E-state index in [9.17, 15) is 5.11 Å². The molecule has 2 N–H and O–H groups in total. The number of fused-ring (bicyclic) bond motifs is 1. The van der Waals surface area contributed by atoms with Gasteiger partial charge in [-0.15, -0.1) is 24.0 Å². The maximum atomic E-state index is 9.89. The Morgan fingerprint density at radius 2 is 2.07 bits per heavy atom. The molecule has 1 atom stereocenters. The van der Waals surface area contributed by atoms with Crippen molar-refractivity contribution in [2.24, 2.45) is 4.99 Å². The molecule has 1 aromatic carbocycles. The van der Waals surface area contributed by atoms with Gasteiger partial charge in [-0.2, -0.15) is 0 Å². The first-order valence-corrected chi connectivity index (χ1v) is 9.89. The van der Waals surface area contributed by atoms with E-state index in [1.54, 1.807) is 0 Å². The van der Waals surface area contributed by atoms with Gasteiger partial charge in [-0.1, -0.05) is 6.07 Å². The van der Waals surface area contributed by atoms with Gasteiger partial charge in [0.15, 0.2) is 17.5 Å². The van der Waals surface area contributed by atoms with Crippen LogP contribution in [0.25, 0.3) is 0 Å². The van der Waals surface area contributed by atoms with Crippen molar-refractivity contribution in [3.63, 3.8) is 0 Å². The highest BCUT2D eigenvalue weighted by Crippen LogP contribution is 2.41. The Morgan fingerprint density at radius 1 is 1.29 bits per heavy atom. The molecule has 3 aliphatic heterocycles. The maximum Gasteiger partial charge on any atom is 0.231 e. The first-order valence-electron chi connectivity index (χ1n) is 9.89. The summed E-state index contributed by atoms with van der Waals surface area (Å²) in [6, 6.07) is 6.25. The van der Waals surface area contributed by atoms with Crippen molar-refractivity contribution >= 4 is 29.9 Å². The molecule has 3 heterocycles. The van der Waals surface area contributed by atoms with Crippen LogP contribution in [-0.4, -0.2) is 68.3 Å². The first kappa shape index (κ1) is 21.4. The van der Waals surface area contributed by atoms with Crippen LogP contribution in [0.5, 0.6) is 11.5 Å². The van der Waals surface area contributed by atoms with E-state index in [-0.39, 0.29) is 42.3 Å². The number of nitrogens with zero attached hydrogens (tertiary/aromatic N) is 2. The number of ether oxygens (including phenoxy) is 3. The molecule has 0 amide bonds. The summed E-state index contributed by atoms with van der Waals surface area (Å²) in [4.78, 5) is 7.14. The molecule has 7 nitrogen and oxygen atoms in total. The zero-order valence-corrected chi connectivity index (χ0v) is 18.7. The van der Waals surface area contributed by atoms with E-state index < -0.39 is 0 Å². The maximum absolute atomic E-state index is 9.89. The number of guanidine groups is 1. The van der Waals surface area contributed by atoms with Gasteiger partial charge in [0.05, 0.1) is 12.6 Å². The third kappa shape index (κ3) is 4.49. The lowest BCUT2D eigenvalue weighted by Gasteiger charge is -2.37. The Bertz CT molecular complexity index is 694. The molecule has 1 aromatic rings. The normalized spacial score (nSPS) is 23.4. The second-order valence-corrected chi connectivity index (χ2v) is 7.52. The minimum absolute atomic E-state index is 0. The minimum atomic E-state index is -0.264. The molecule has 156 valence electrons. The topological polar surface area (TPSA) is 75.6 Å². The zero-order chi connectivity index (χ0) is 18.7. The van der Waals surface area contributed by atoms with Crippen molar-refractivity contribution in [2.75, 3.05) is 46.2 Å². The molecule has 0 aromatic heterocycles. The summed E-state index contributed by atoms with van der Waals surface area (Å²) in [6.07, 6.45) is 2.39. The number of aliphatic hydroxyl groups excluding tert-OH is 1. The van der Waals surface area contributed by atoms with Crippen LogP contribution in [0.1, 0.15) is 31.7 Å². The van der Waals surface area contributed by atoms with Crippen molar-refractivity contribution in [2.45, 2.75) is 37.7 Å². The fourth-order valence-corrected chi connectivity index (χ4v) is 4.11. The second-order valence-electron chi connectivity index (χ2n) is 7.52. The predicted molar refractivity (Wildman–Crippen MR) is 118 cm³/mol. The first-order chi connectivity index (χ1) is 13.2. The molecule has 0 bridgehead atoms. The molecule has 2 fully saturated rings. The average molecular weight is 503 g/mol. The molecular weight excluding hydrogens is 473 g/mol. The van der Waals surface area contributed by atoms with Crippen LogP contribution < -0.4 is 14.8 Å². The number of rotatable bonds is 4. The average Bonchev–Trinajstić information content (AvgIpc) is 3.34. The monoisotopic (exact) mass is 503 g/mol. The lowest BCUT2D eigenvalue weighted by Crippen LogP contribution is -2.43. The molecule has 0 unspecified atom stereocenters. The number of aliphatic imine (C=N–C) groups is 1. The van der Waals surface area contributed by atoms with Gasteiger partial charge in [-0.05, 0) is 43.9 Å². The van der Waals surface area contributed by atoms with Crippen LogP contribution in [0, 0.1) is 0 Å². The second kappa shape index (κ2) is 9.49. The van der Waals surface area contributed by atoms with Gasteiger partial charge < -0.3 is 29.5 Å². The molecule has 0 aliphatic carbocycles. The van der Waals surface area contributed by atoms with E-state index in [1.165, 1.54) is 5.56 Å². The zero-order valence-electron chi connectivity index (χ0n) is 16.4. The highest BCUT2D eigenvalue weighted by molar-refractivity contribution is 14.0. The van der Waals surface area contributed by atoms with Gasteiger partial charge in [0.25, 0.3) is 0 Å². The number of hydrogen-bond donors (Lipinski definition) is 2. The number of β-amino-alcohol motifs (C(OH)–C–C–N with tert-alkyl or cyclic N) is 1. The summed E-state index contributed by atoms with van der Waals surface area (Å²) in [6.45, 7) is 6.82. The summed E-state index contributed by atoms with van der Waals surface area (Å²) < 4.78 is 16.7. The lowest BCUT2D eigenvalue weighted by molar-refractivity contribution is 0.0529. The van der Waals surface area contributed by atoms with Crippen LogP contribution in [0.15, 0.2) is 23.2 Å². The number of aliphatic hydroxyl groups is 1. The van der Waals surface area contributed by atoms with Crippen LogP contribution in [0.2, 0.25) is 0 Å². The molecular formula is C20H30IN3O4. The summed E-state index contributed by atoms with van der Waals surface area (Å²) in [5, 5.41) is 13.3. The highest BCUT2D eigenvalue weighted by Gasteiger charge is 2.36. The molecule has 0 radical (unpaired) electrons. The van der Waals surface area contributed by atoms with Gasteiger partial charge in [0, 0.05) is 38.3 Å². The third-order valence-corrected chi connectivity index (χ3v) is 5.76. The SMILES string of the molecule is CCNC(=NCC1(c2ccc3c(c2)OCO3)CCOCC1)N1CC[C@@H](O)C1.I. The summed E-state index contributed by atoms with van der Waals surface area (Å²) in [5.41, 5.74) is 1.16. The lowest BCUT2D eigenvalue weighted by atomic mass is 9.74. The van der Waals surface area contributed by atoms with Gasteiger partial charge >= 0.3 is 0 Å². The molecule has 2 saturated heterocycles. The van der Waals surface area contributed by atoms with Crippen molar-refractivity contribution < 1.29 is 19.3 Å². The third-order valence-electron chi connectivity index (χ3n) is 5.76. The van der Waals surface area contributed by atoms with Gasteiger partial charge in [0.1, 0.15) is 0 Å². The van der Waals surface area contributed by atoms with E-state index in [0.717, 1.165) is 63.0 Å². The molecule has 3 aliphatic rings. The van der Waals surface area contributed by atoms with Crippen molar-refractivity contribution in [1.82, 2.24) is 10.2 Å². The Kier molecular flexibility index (Phi) is 7.27. The van der Waals surface area contributed by atoms with Gasteiger partial charge in [-0.3, -0.25) is 4.99 Å². The summed E-state index contributed by atoms with van der Waals surface area (Å²) in [5.74, 6) is 2.52. The quantitative estimate of drug-likeness (QED) is 0.373. The van der Waals surface area contributed by atoms with E-state index in [0.29, 0.717) is 13.1 Å². The molecule has 0 saturated carbocycles. The number of halogens is 1. The summed E-state index contributed by atoms with van der Waals surface area (Å²) in [7, 11) is 0. The number of likely N-dealkylation sites (tertiary alicyclic amines) is 1. The fourth-order valence-electron chi connectivity index (χ4n) is 4.11. The van der Waals surface area contributed by atoms with Crippen molar-refractivity contribution in [1.29, 1.82) is 0 Å². The predicted octanol–water partition coefficient (Wildman–Crippen LogP) is 2.11. The van der Waals surface area contributed by atoms with Gasteiger partial charge in [0.2, 0.25) is 6.79 Å². The van der Waals surface area contributed by atoms with E-state index in [2.05, 4.69) is 29.3 Å². The number of nitrogens with one attached hydrogen (secondary N) is 1.